The normalized spacial score (nSPS) is 14.6. The molecule has 1 aliphatic carbocycles. The molecule has 0 radical (unpaired) electrons. The Labute approximate surface area is 187 Å². The first kappa shape index (κ1) is 24.6. The van der Waals surface area contributed by atoms with Crippen molar-refractivity contribution in [2.24, 2.45) is 5.73 Å². The van der Waals surface area contributed by atoms with Gasteiger partial charge in [0.15, 0.2) is 0 Å². The number of carbonyl (C=O) groups excluding carboxylic acids is 2. The average Bonchev–Trinajstić information content (AvgIpc) is 3.53. The van der Waals surface area contributed by atoms with Crippen molar-refractivity contribution in [3.63, 3.8) is 0 Å². The molecule has 2 amide bonds. The number of nitrogens with one attached hydrogen (secondary N) is 1. The third-order valence-corrected chi connectivity index (χ3v) is 5.30. The molecule has 2 fully saturated rings. The van der Waals surface area contributed by atoms with Crippen LogP contribution < -0.4 is 11.1 Å². The summed E-state index contributed by atoms with van der Waals surface area (Å²) in [6, 6.07) is 19.7. The molecule has 168 valence electrons. The van der Waals surface area contributed by atoms with Crippen molar-refractivity contribution in [2.45, 2.75) is 51.4 Å². The van der Waals surface area contributed by atoms with Crippen molar-refractivity contribution in [1.29, 1.82) is 0 Å². The van der Waals surface area contributed by atoms with E-state index < -0.39 is 0 Å². The SMILES string of the molecule is CCCCN.O=C(NCC(=O)N1CCCC1)c1ccccc1.c1ccc(C2CC2)cc1. The van der Waals surface area contributed by atoms with Gasteiger partial charge in [0.2, 0.25) is 5.91 Å². The Bertz CT molecular complexity index is 753. The molecule has 0 bridgehead atoms. The summed E-state index contributed by atoms with van der Waals surface area (Å²) in [5.74, 6) is 0.719. The zero-order valence-electron chi connectivity index (χ0n) is 18.8. The number of unbranched alkanes of at least 4 members (excludes halogenated alkanes) is 1. The number of hydrogen-bond donors (Lipinski definition) is 2. The van der Waals surface area contributed by atoms with E-state index in [0.717, 1.165) is 38.4 Å². The fourth-order valence-corrected chi connectivity index (χ4v) is 3.27. The van der Waals surface area contributed by atoms with Gasteiger partial charge in [0.05, 0.1) is 6.54 Å². The molecule has 3 N–H and O–H groups in total. The first-order valence-electron chi connectivity index (χ1n) is 11.5. The number of hydrogen-bond acceptors (Lipinski definition) is 3. The molecular formula is C26H37N3O2. The topological polar surface area (TPSA) is 75.4 Å². The molecule has 5 nitrogen and oxygen atoms in total. The van der Waals surface area contributed by atoms with Crippen molar-refractivity contribution in [3.05, 3.63) is 71.8 Å². The number of nitrogens with two attached hydrogens (primary N) is 1. The highest BCUT2D eigenvalue weighted by atomic mass is 16.2. The van der Waals surface area contributed by atoms with Crippen LogP contribution in [0.4, 0.5) is 0 Å². The maximum absolute atomic E-state index is 11.7. The molecule has 0 aromatic heterocycles. The van der Waals surface area contributed by atoms with Gasteiger partial charge in [-0.2, -0.15) is 0 Å². The number of amides is 2. The lowest BCUT2D eigenvalue weighted by Gasteiger charge is -2.15. The van der Waals surface area contributed by atoms with Gasteiger partial charge < -0.3 is 16.0 Å². The summed E-state index contributed by atoms with van der Waals surface area (Å²) in [5.41, 5.74) is 7.25. The van der Waals surface area contributed by atoms with Gasteiger partial charge in [-0.3, -0.25) is 9.59 Å². The fraction of sp³-hybridized carbons (Fsp3) is 0.462. The van der Waals surface area contributed by atoms with Crippen LogP contribution in [0.15, 0.2) is 60.7 Å². The summed E-state index contributed by atoms with van der Waals surface area (Å²) in [5, 5.41) is 2.65. The number of nitrogens with zero attached hydrogens (tertiary/aromatic N) is 1. The Morgan fingerprint density at radius 2 is 1.55 bits per heavy atom. The van der Waals surface area contributed by atoms with E-state index in [1.807, 2.05) is 6.07 Å². The van der Waals surface area contributed by atoms with Crippen LogP contribution in [0, 0.1) is 0 Å². The Morgan fingerprint density at radius 3 is 2.03 bits per heavy atom. The Balaban J connectivity index is 0.000000202. The van der Waals surface area contributed by atoms with E-state index >= 15 is 0 Å². The van der Waals surface area contributed by atoms with Crippen LogP contribution in [-0.2, 0) is 4.79 Å². The second kappa shape index (κ2) is 14.4. The van der Waals surface area contributed by atoms with Gasteiger partial charge in [-0.05, 0) is 62.3 Å². The summed E-state index contributed by atoms with van der Waals surface area (Å²) >= 11 is 0. The molecule has 1 saturated heterocycles. The maximum atomic E-state index is 11.7. The third-order valence-electron chi connectivity index (χ3n) is 5.30. The van der Waals surface area contributed by atoms with E-state index in [4.69, 9.17) is 5.73 Å². The van der Waals surface area contributed by atoms with Crippen LogP contribution in [0.25, 0.3) is 0 Å². The maximum Gasteiger partial charge on any atom is 0.251 e. The van der Waals surface area contributed by atoms with E-state index in [2.05, 4.69) is 42.6 Å². The second-order valence-corrected chi connectivity index (χ2v) is 7.96. The van der Waals surface area contributed by atoms with Gasteiger partial charge in [0.1, 0.15) is 0 Å². The Kier molecular flexibility index (Phi) is 11.4. The summed E-state index contributed by atoms with van der Waals surface area (Å²) in [6.45, 7) is 4.71. The molecule has 4 rings (SSSR count). The summed E-state index contributed by atoms with van der Waals surface area (Å²) in [7, 11) is 0. The van der Waals surface area contributed by atoms with Gasteiger partial charge in [-0.15, -0.1) is 0 Å². The van der Waals surface area contributed by atoms with Crippen molar-refractivity contribution < 1.29 is 9.59 Å². The van der Waals surface area contributed by atoms with E-state index in [1.165, 1.54) is 31.2 Å². The predicted octanol–water partition coefficient (Wildman–Crippen LogP) is 4.35. The molecule has 2 aromatic carbocycles. The number of benzene rings is 2. The van der Waals surface area contributed by atoms with Crippen LogP contribution in [0.2, 0.25) is 0 Å². The fourth-order valence-electron chi connectivity index (χ4n) is 3.27. The first-order chi connectivity index (χ1) is 15.2. The highest BCUT2D eigenvalue weighted by Crippen LogP contribution is 2.39. The number of rotatable bonds is 6. The van der Waals surface area contributed by atoms with Crippen LogP contribution in [0.3, 0.4) is 0 Å². The lowest BCUT2D eigenvalue weighted by molar-refractivity contribution is -0.129. The molecule has 1 aliphatic heterocycles. The van der Waals surface area contributed by atoms with E-state index in [-0.39, 0.29) is 18.4 Å². The molecule has 5 heteroatoms. The van der Waals surface area contributed by atoms with Crippen molar-refractivity contribution in [2.75, 3.05) is 26.2 Å². The highest BCUT2D eigenvalue weighted by Gasteiger charge is 2.22. The Morgan fingerprint density at radius 1 is 0.968 bits per heavy atom. The van der Waals surface area contributed by atoms with Gasteiger partial charge in [-0.25, -0.2) is 0 Å². The van der Waals surface area contributed by atoms with Crippen LogP contribution in [0.5, 0.6) is 0 Å². The molecule has 2 aromatic rings. The second-order valence-electron chi connectivity index (χ2n) is 7.96. The smallest absolute Gasteiger partial charge is 0.251 e. The summed E-state index contributed by atoms with van der Waals surface area (Å²) in [4.78, 5) is 25.2. The van der Waals surface area contributed by atoms with Crippen molar-refractivity contribution in [3.8, 4) is 0 Å². The minimum absolute atomic E-state index is 0.00628. The molecule has 0 atom stereocenters. The van der Waals surface area contributed by atoms with Crippen molar-refractivity contribution >= 4 is 11.8 Å². The third kappa shape index (κ3) is 9.79. The standard InChI is InChI=1S/C13H16N2O2.C9H10.C4H11N/c16-12(15-8-4-5-9-15)10-14-13(17)11-6-2-1-3-7-11;1-2-4-8(5-3-1)9-6-7-9;1-2-3-4-5/h1-3,6-7H,4-5,8-10H2,(H,14,17);1-5,9H,6-7H2;2-5H2,1H3. The monoisotopic (exact) mass is 423 g/mol. The lowest BCUT2D eigenvalue weighted by atomic mass is 10.1. The van der Waals surface area contributed by atoms with Gasteiger partial charge >= 0.3 is 0 Å². The molecular weight excluding hydrogens is 386 g/mol. The van der Waals surface area contributed by atoms with Gasteiger partial charge in [0.25, 0.3) is 5.91 Å². The van der Waals surface area contributed by atoms with Crippen LogP contribution in [-0.4, -0.2) is 42.9 Å². The summed E-state index contributed by atoms with van der Waals surface area (Å²) in [6.07, 6.45) is 7.33. The molecule has 0 spiro atoms. The highest BCUT2D eigenvalue weighted by molar-refractivity contribution is 5.96. The molecule has 2 aliphatic rings. The lowest BCUT2D eigenvalue weighted by Crippen LogP contribution is -2.38. The molecule has 1 saturated carbocycles. The largest absolute Gasteiger partial charge is 0.343 e. The zero-order chi connectivity index (χ0) is 22.3. The molecule has 0 unspecified atom stereocenters. The number of likely N-dealkylation sites (tertiary alicyclic amines) is 1. The molecule has 31 heavy (non-hydrogen) atoms. The minimum Gasteiger partial charge on any atom is -0.343 e. The quantitative estimate of drug-likeness (QED) is 0.725. The average molecular weight is 424 g/mol. The predicted molar refractivity (Wildman–Crippen MR) is 127 cm³/mol. The van der Waals surface area contributed by atoms with Crippen LogP contribution in [0.1, 0.15) is 67.3 Å². The van der Waals surface area contributed by atoms with E-state index in [1.54, 1.807) is 29.2 Å². The Hall–Kier alpha value is -2.66. The number of carbonyl (C=O) groups is 2. The van der Waals surface area contributed by atoms with Gasteiger partial charge in [-0.1, -0.05) is 61.9 Å². The van der Waals surface area contributed by atoms with E-state index in [9.17, 15) is 9.59 Å². The molecule has 1 heterocycles. The first-order valence-corrected chi connectivity index (χ1v) is 11.5. The van der Waals surface area contributed by atoms with E-state index in [0.29, 0.717) is 5.56 Å². The van der Waals surface area contributed by atoms with Gasteiger partial charge in [0, 0.05) is 18.7 Å². The summed E-state index contributed by atoms with van der Waals surface area (Å²) < 4.78 is 0. The van der Waals surface area contributed by atoms with Crippen molar-refractivity contribution in [1.82, 2.24) is 10.2 Å². The van der Waals surface area contributed by atoms with Crippen LogP contribution >= 0.6 is 0 Å². The minimum atomic E-state index is -0.196. The zero-order valence-corrected chi connectivity index (χ0v) is 18.8.